The Balaban J connectivity index is 1.92. The molecule has 0 aromatic rings. The van der Waals surface area contributed by atoms with E-state index in [0.29, 0.717) is 0 Å². The minimum atomic E-state index is 0.283. The van der Waals surface area contributed by atoms with E-state index >= 15 is 0 Å². The smallest absolute Gasteiger partial charge is 0.0882 e. The van der Waals surface area contributed by atoms with Crippen molar-refractivity contribution in [2.24, 2.45) is 5.92 Å². The molecule has 1 N–H and O–H groups in total. The van der Waals surface area contributed by atoms with Gasteiger partial charge in [0.1, 0.15) is 0 Å². The lowest BCUT2D eigenvalue weighted by Crippen LogP contribution is -2.53. The maximum atomic E-state index is 5.51. The Morgan fingerprint density at radius 2 is 2.50 bits per heavy atom. The first-order chi connectivity index (χ1) is 5.81. The lowest BCUT2D eigenvalue weighted by atomic mass is 10.1. The van der Waals surface area contributed by atoms with Gasteiger partial charge in [0.25, 0.3) is 0 Å². The van der Waals surface area contributed by atoms with Crippen LogP contribution in [0.1, 0.15) is 19.8 Å². The Labute approximate surface area is 78.4 Å². The topological polar surface area (TPSA) is 21.3 Å². The molecule has 0 aromatic carbocycles. The van der Waals surface area contributed by atoms with Gasteiger partial charge in [0.2, 0.25) is 0 Å². The van der Waals surface area contributed by atoms with Crippen LogP contribution < -0.4 is 5.32 Å². The predicted octanol–water partition coefficient (Wildman–Crippen LogP) is 1.47. The Hall–Kier alpha value is 0.270. The van der Waals surface area contributed by atoms with E-state index < -0.39 is 0 Å². The van der Waals surface area contributed by atoms with E-state index in [4.69, 9.17) is 4.74 Å². The molecule has 0 aromatic heterocycles. The van der Waals surface area contributed by atoms with Gasteiger partial charge in [0.15, 0.2) is 0 Å². The largest absolute Gasteiger partial charge is 0.379 e. The van der Waals surface area contributed by atoms with Gasteiger partial charge in [-0.2, -0.15) is 0 Å². The molecular weight excluding hydrogens is 170 g/mol. The van der Waals surface area contributed by atoms with E-state index in [1.807, 2.05) is 0 Å². The highest BCUT2D eigenvalue weighted by Gasteiger charge is 2.36. The Morgan fingerprint density at radius 1 is 1.58 bits per heavy atom. The summed E-state index contributed by atoms with van der Waals surface area (Å²) in [5.41, 5.74) is 0. The summed E-state index contributed by atoms with van der Waals surface area (Å²) in [5.74, 6) is 2.11. The third-order valence-corrected chi connectivity index (χ3v) is 4.38. The van der Waals surface area contributed by atoms with Crippen LogP contribution >= 0.6 is 11.8 Å². The van der Waals surface area contributed by atoms with Crippen molar-refractivity contribution in [3.63, 3.8) is 0 Å². The third kappa shape index (κ3) is 1.78. The molecule has 2 heterocycles. The maximum absolute atomic E-state index is 5.51. The summed E-state index contributed by atoms with van der Waals surface area (Å²) >= 11 is 2.06. The SMILES string of the molecule is CC1CNC2(CCCOC2)SC1. The fourth-order valence-electron chi connectivity index (χ4n) is 1.79. The summed E-state index contributed by atoms with van der Waals surface area (Å²) in [5, 5.41) is 3.62. The van der Waals surface area contributed by atoms with Crippen molar-refractivity contribution < 1.29 is 4.74 Å². The van der Waals surface area contributed by atoms with Crippen LogP contribution in [-0.2, 0) is 4.74 Å². The summed E-state index contributed by atoms with van der Waals surface area (Å²) in [6, 6.07) is 0. The van der Waals surface area contributed by atoms with Gasteiger partial charge in [-0.05, 0) is 31.1 Å². The van der Waals surface area contributed by atoms with Gasteiger partial charge >= 0.3 is 0 Å². The summed E-state index contributed by atoms with van der Waals surface area (Å²) in [6.07, 6.45) is 2.50. The van der Waals surface area contributed by atoms with Crippen LogP contribution in [0.5, 0.6) is 0 Å². The van der Waals surface area contributed by atoms with Gasteiger partial charge in [-0.3, -0.25) is 0 Å². The van der Waals surface area contributed by atoms with Crippen molar-refractivity contribution >= 4 is 11.8 Å². The monoisotopic (exact) mass is 187 g/mol. The molecule has 2 aliphatic rings. The molecule has 0 radical (unpaired) electrons. The van der Waals surface area contributed by atoms with Gasteiger partial charge in [-0.15, -0.1) is 11.8 Å². The minimum absolute atomic E-state index is 0.283. The third-order valence-electron chi connectivity index (χ3n) is 2.62. The van der Waals surface area contributed by atoms with Gasteiger partial charge in [0, 0.05) is 6.61 Å². The predicted molar refractivity (Wildman–Crippen MR) is 52.4 cm³/mol. The lowest BCUT2D eigenvalue weighted by Gasteiger charge is -2.42. The molecule has 2 rings (SSSR count). The summed E-state index contributed by atoms with van der Waals surface area (Å²) in [4.78, 5) is 0.283. The quantitative estimate of drug-likeness (QED) is 0.620. The van der Waals surface area contributed by atoms with Crippen LogP contribution in [0, 0.1) is 5.92 Å². The molecule has 2 aliphatic heterocycles. The average molecular weight is 187 g/mol. The van der Waals surface area contributed by atoms with E-state index in [2.05, 4.69) is 24.0 Å². The summed E-state index contributed by atoms with van der Waals surface area (Å²) in [6.45, 7) is 5.33. The van der Waals surface area contributed by atoms with Gasteiger partial charge in [-0.1, -0.05) is 6.92 Å². The molecule has 1 spiro atoms. The average Bonchev–Trinajstić information content (AvgIpc) is 2.13. The second-order valence-corrected chi connectivity index (χ2v) is 5.35. The normalized spacial score (nSPS) is 43.2. The molecule has 2 nitrogen and oxygen atoms in total. The molecule has 70 valence electrons. The first-order valence-electron chi connectivity index (χ1n) is 4.77. The molecule has 0 amide bonds. The van der Waals surface area contributed by atoms with Crippen LogP contribution in [0.2, 0.25) is 0 Å². The highest BCUT2D eigenvalue weighted by Crippen LogP contribution is 2.35. The van der Waals surface area contributed by atoms with Crippen molar-refractivity contribution in [1.29, 1.82) is 0 Å². The summed E-state index contributed by atoms with van der Waals surface area (Å²) < 4.78 is 5.51. The van der Waals surface area contributed by atoms with Crippen molar-refractivity contribution in [3.8, 4) is 0 Å². The molecule has 2 unspecified atom stereocenters. The molecule has 2 fully saturated rings. The van der Waals surface area contributed by atoms with Crippen molar-refractivity contribution in [2.45, 2.75) is 24.6 Å². The Kier molecular flexibility index (Phi) is 2.63. The summed E-state index contributed by atoms with van der Waals surface area (Å²) in [7, 11) is 0. The number of ether oxygens (including phenoxy) is 1. The number of nitrogens with one attached hydrogen (secondary N) is 1. The maximum Gasteiger partial charge on any atom is 0.0882 e. The van der Waals surface area contributed by atoms with Crippen LogP contribution in [-0.4, -0.2) is 30.4 Å². The standard InChI is InChI=1S/C9H17NOS/c1-8-5-10-9(12-6-8)3-2-4-11-7-9/h8,10H,2-7H2,1H3. The molecule has 12 heavy (non-hydrogen) atoms. The molecule has 2 atom stereocenters. The van der Waals surface area contributed by atoms with Gasteiger partial charge < -0.3 is 10.1 Å². The molecule has 3 heteroatoms. The zero-order valence-corrected chi connectivity index (χ0v) is 8.45. The minimum Gasteiger partial charge on any atom is -0.379 e. The molecule has 0 aliphatic carbocycles. The highest BCUT2D eigenvalue weighted by molar-refractivity contribution is 8.00. The fourth-order valence-corrected chi connectivity index (χ4v) is 3.16. The van der Waals surface area contributed by atoms with Gasteiger partial charge in [-0.25, -0.2) is 0 Å². The Bertz CT molecular complexity index is 147. The number of hydrogen-bond acceptors (Lipinski definition) is 3. The van der Waals surface area contributed by atoms with E-state index in [-0.39, 0.29) is 4.87 Å². The highest BCUT2D eigenvalue weighted by atomic mass is 32.2. The zero-order valence-electron chi connectivity index (χ0n) is 7.64. The zero-order chi connectivity index (χ0) is 8.44. The second kappa shape index (κ2) is 3.56. The van der Waals surface area contributed by atoms with E-state index in [9.17, 15) is 0 Å². The molecule has 2 saturated heterocycles. The number of thioether (sulfide) groups is 1. The molecular formula is C9H17NOS. The van der Waals surface area contributed by atoms with Crippen LogP contribution in [0.3, 0.4) is 0 Å². The lowest BCUT2D eigenvalue weighted by molar-refractivity contribution is 0.0551. The fraction of sp³-hybridized carbons (Fsp3) is 1.00. The van der Waals surface area contributed by atoms with Crippen LogP contribution in [0.4, 0.5) is 0 Å². The van der Waals surface area contributed by atoms with Gasteiger partial charge in [0.05, 0.1) is 11.5 Å². The van der Waals surface area contributed by atoms with E-state index in [1.165, 1.54) is 18.6 Å². The van der Waals surface area contributed by atoms with Crippen molar-refractivity contribution in [3.05, 3.63) is 0 Å². The first kappa shape index (κ1) is 8.85. The number of hydrogen-bond donors (Lipinski definition) is 1. The molecule has 0 saturated carbocycles. The molecule has 0 bridgehead atoms. The Morgan fingerprint density at radius 3 is 3.08 bits per heavy atom. The van der Waals surface area contributed by atoms with Crippen LogP contribution in [0.25, 0.3) is 0 Å². The number of rotatable bonds is 0. The van der Waals surface area contributed by atoms with Crippen LogP contribution in [0.15, 0.2) is 0 Å². The first-order valence-corrected chi connectivity index (χ1v) is 5.76. The van der Waals surface area contributed by atoms with Crippen molar-refractivity contribution in [1.82, 2.24) is 5.32 Å². The second-order valence-electron chi connectivity index (χ2n) is 3.95. The van der Waals surface area contributed by atoms with E-state index in [0.717, 1.165) is 25.7 Å². The van der Waals surface area contributed by atoms with Crippen molar-refractivity contribution in [2.75, 3.05) is 25.5 Å². The van der Waals surface area contributed by atoms with E-state index in [1.54, 1.807) is 0 Å².